The molecule has 17 heavy (non-hydrogen) atoms. The Bertz CT molecular complexity index is 382. The predicted molar refractivity (Wildman–Crippen MR) is 75.9 cm³/mol. The summed E-state index contributed by atoms with van der Waals surface area (Å²) >= 11 is 9.47. The van der Waals surface area contributed by atoms with E-state index in [1.165, 1.54) is 18.5 Å². The topological polar surface area (TPSA) is 12.5 Å². The maximum Gasteiger partial charge on any atom is 0.0637 e. The van der Waals surface area contributed by atoms with Crippen LogP contribution in [0.1, 0.15) is 18.4 Å². The highest BCUT2D eigenvalue weighted by Gasteiger charge is 2.29. The molecule has 2 nitrogen and oxygen atoms in total. The van der Waals surface area contributed by atoms with Crippen molar-refractivity contribution in [2.45, 2.75) is 24.8 Å². The van der Waals surface area contributed by atoms with Gasteiger partial charge in [0.2, 0.25) is 0 Å². The smallest absolute Gasteiger partial charge is 0.0637 e. The Morgan fingerprint density at radius 2 is 2.24 bits per heavy atom. The number of anilines is 1. The summed E-state index contributed by atoms with van der Waals surface area (Å²) in [6.07, 6.45) is 2.57. The molecule has 0 aliphatic heterocycles. The van der Waals surface area contributed by atoms with Gasteiger partial charge in [-0.2, -0.15) is 0 Å². The molecule has 0 amide bonds. The molecule has 0 atom stereocenters. The van der Waals surface area contributed by atoms with Gasteiger partial charge in [0.05, 0.1) is 12.3 Å². The van der Waals surface area contributed by atoms with E-state index in [2.05, 4.69) is 39.0 Å². The molecule has 1 aromatic rings. The molecule has 1 saturated carbocycles. The Hall–Kier alpha value is -0.250. The highest BCUT2D eigenvalue weighted by Crippen LogP contribution is 2.36. The molecule has 0 spiro atoms. The number of rotatable bonds is 6. The van der Waals surface area contributed by atoms with Crippen LogP contribution in [0.3, 0.4) is 0 Å². The molecule has 1 aliphatic rings. The van der Waals surface area contributed by atoms with Crippen LogP contribution in [-0.4, -0.2) is 26.3 Å². The van der Waals surface area contributed by atoms with Crippen LogP contribution in [0, 0.1) is 0 Å². The number of alkyl halides is 1. The fourth-order valence-electron chi connectivity index (χ4n) is 1.94. The molecule has 94 valence electrons. The third-order valence-corrected chi connectivity index (χ3v) is 3.94. The van der Waals surface area contributed by atoms with E-state index in [9.17, 15) is 0 Å². The lowest BCUT2D eigenvalue weighted by Crippen LogP contribution is -2.29. The third kappa shape index (κ3) is 3.36. The lowest BCUT2D eigenvalue weighted by Gasteiger charge is -2.25. The molecular weight excluding hydrogens is 302 g/mol. The molecule has 1 aliphatic carbocycles. The van der Waals surface area contributed by atoms with E-state index in [1.807, 2.05) is 0 Å². The van der Waals surface area contributed by atoms with Gasteiger partial charge in [-0.15, -0.1) is 11.6 Å². The normalized spacial score (nSPS) is 15.0. The summed E-state index contributed by atoms with van der Waals surface area (Å²) in [5.74, 6) is 0.556. The first-order valence-electron chi connectivity index (χ1n) is 5.86. The molecule has 0 heterocycles. The number of hydrogen-bond donors (Lipinski definition) is 0. The summed E-state index contributed by atoms with van der Waals surface area (Å²) in [6, 6.07) is 7.03. The second-order valence-corrected chi connectivity index (χ2v) is 5.46. The molecule has 0 radical (unpaired) electrons. The molecule has 4 heteroatoms. The number of hydrogen-bond acceptors (Lipinski definition) is 2. The number of ether oxygens (including phenoxy) is 1. The molecule has 0 saturated heterocycles. The first-order chi connectivity index (χ1) is 8.26. The van der Waals surface area contributed by atoms with E-state index in [-0.39, 0.29) is 0 Å². The van der Waals surface area contributed by atoms with Crippen molar-refractivity contribution in [1.29, 1.82) is 0 Å². The van der Waals surface area contributed by atoms with Crippen molar-refractivity contribution in [1.82, 2.24) is 0 Å². The van der Waals surface area contributed by atoms with Crippen LogP contribution in [0.15, 0.2) is 22.7 Å². The fourth-order valence-corrected chi connectivity index (χ4v) is 2.76. The molecule has 0 aromatic heterocycles. The molecule has 1 aromatic carbocycles. The van der Waals surface area contributed by atoms with Crippen molar-refractivity contribution in [3.8, 4) is 0 Å². The first kappa shape index (κ1) is 13.2. The molecular formula is C13H17BrClNO. The van der Waals surface area contributed by atoms with Gasteiger partial charge in [0.15, 0.2) is 0 Å². The highest BCUT2D eigenvalue weighted by molar-refractivity contribution is 9.10. The minimum Gasteiger partial charge on any atom is -0.383 e. The minimum atomic E-state index is 0.556. The highest BCUT2D eigenvalue weighted by atomic mass is 79.9. The summed E-state index contributed by atoms with van der Waals surface area (Å²) in [4.78, 5) is 2.42. The molecule has 0 bridgehead atoms. The van der Waals surface area contributed by atoms with E-state index in [0.29, 0.717) is 11.9 Å². The van der Waals surface area contributed by atoms with E-state index < -0.39 is 0 Å². The van der Waals surface area contributed by atoms with Crippen molar-refractivity contribution in [3.63, 3.8) is 0 Å². The maximum absolute atomic E-state index is 5.83. The number of methoxy groups -OCH3 is 1. The van der Waals surface area contributed by atoms with Gasteiger partial charge < -0.3 is 9.64 Å². The Morgan fingerprint density at radius 3 is 2.76 bits per heavy atom. The number of nitrogens with zero attached hydrogens (tertiary/aromatic N) is 1. The van der Waals surface area contributed by atoms with Crippen molar-refractivity contribution < 1.29 is 4.74 Å². The van der Waals surface area contributed by atoms with Gasteiger partial charge in [0, 0.05) is 30.0 Å². The van der Waals surface area contributed by atoms with Gasteiger partial charge in [-0.25, -0.2) is 0 Å². The second-order valence-electron chi connectivity index (χ2n) is 4.34. The molecule has 0 unspecified atom stereocenters. The molecule has 0 N–H and O–H groups in total. The van der Waals surface area contributed by atoms with E-state index in [0.717, 1.165) is 23.2 Å². The lowest BCUT2D eigenvalue weighted by molar-refractivity contribution is 0.205. The molecule has 2 rings (SSSR count). The quantitative estimate of drug-likeness (QED) is 0.740. The van der Waals surface area contributed by atoms with Gasteiger partial charge in [0.25, 0.3) is 0 Å². The SMILES string of the molecule is COCCN(c1ccc(CCl)cc1Br)C1CC1. The van der Waals surface area contributed by atoms with Crippen LogP contribution in [-0.2, 0) is 10.6 Å². The van der Waals surface area contributed by atoms with Crippen LogP contribution >= 0.6 is 27.5 Å². The van der Waals surface area contributed by atoms with Gasteiger partial charge in [-0.05, 0) is 46.5 Å². The van der Waals surface area contributed by atoms with Gasteiger partial charge in [-0.3, -0.25) is 0 Å². The average Bonchev–Trinajstić information content (AvgIpc) is 3.15. The summed E-state index contributed by atoms with van der Waals surface area (Å²) < 4.78 is 6.30. The largest absolute Gasteiger partial charge is 0.383 e. The predicted octanol–water partition coefficient (Wildman–Crippen LogP) is 3.80. The van der Waals surface area contributed by atoms with E-state index in [4.69, 9.17) is 16.3 Å². The van der Waals surface area contributed by atoms with Gasteiger partial charge in [0.1, 0.15) is 0 Å². The van der Waals surface area contributed by atoms with Crippen LogP contribution in [0.2, 0.25) is 0 Å². The fraction of sp³-hybridized carbons (Fsp3) is 0.538. The van der Waals surface area contributed by atoms with Crippen LogP contribution in [0.5, 0.6) is 0 Å². The number of halogens is 2. The summed E-state index contributed by atoms with van der Waals surface area (Å²) in [5, 5.41) is 0. The van der Waals surface area contributed by atoms with Crippen molar-refractivity contribution in [2.24, 2.45) is 0 Å². The Morgan fingerprint density at radius 1 is 1.47 bits per heavy atom. The molecule has 1 fully saturated rings. The lowest BCUT2D eigenvalue weighted by atomic mass is 10.2. The zero-order valence-electron chi connectivity index (χ0n) is 9.96. The average molecular weight is 319 g/mol. The van der Waals surface area contributed by atoms with Gasteiger partial charge in [-0.1, -0.05) is 6.07 Å². The van der Waals surface area contributed by atoms with Crippen molar-refractivity contribution in [3.05, 3.63) is 28.2 Å². The zero-order valence-corrected chi connectivity index (χ0v) is 12.3. The van der Waals surface area contributed by atoms with Crippen LogP contribution < -0.4 is 4.90 Å². The zero-order chi connectivity index (χ0) is 12.3. The summed E-state index contributed by atoms with van der Waals surface area (Å²) in [7, 11) is 1.75. The first-order valence-corrected chi connectivity index (χ1v) is 7.19. The van der Waals surface area contributed by atoms with Gasteiger partial charge >= 0.3 is 0 Å². The van der Waals surface area contributed by atoms with Crippen molar-refractivity contribution in [2.75, 3.05) is 25.2 Å². The Labute approximate surface area is 116 Å². The minimum absolute atomic E-state index is 0.556. The van der Waals surface area contributed by atoms with Crippen LogP contribution in [0.4, 0.5) is 5.69 Å². The Balaban J connectivity index is 2.16. The Kier molecular flexibility index (Phi) is 4.71. The monoisotopic (exact) mass is 317 g/mol. The summed E-state index contributed by atoms with van der Waals surface area (Å²) in [5.41, 5.74) is 2.39. The second kappa shape index (κ2) is 6.07. The van der Waals surface area contributed by atoms with E-state index in [1.54, 1.807) is 7.11 Å². The van der Waals surface area contributed by atoms with E-state index >= 15 is 0 Å². The summed E-state index contributed by atoms with van der Waals surface area (Å²) in [6.45, 7) is 1.71. The standard InChI is InChI=1S/C13H17BrClNO/c1-17-7-6-16(11-3-4-11)13-5-2-10(9-15)8-12(13)14/h2,5,8,11H,3-4,6-7,9H2,1H3. The van der Waals surface area contributed by atoms with Crippen molar-refractivity contribution >= 4 is 33.2 Å². The number of benzene rings is 1. The maximum atomic E-state index is 5.83. The third-order valence-electron chi connectivity index (χ3n) is 3.00. The van der Waals surface area contributed by atoms with Crippen LogP contribution in [0.25, 0.3) is 0 Å².